The normalized spacial score (nSPS) is 12.4. The van der Waals surface area contributed by atoms with E-state index in [1.165, 1.54) is 38.9 Å². The smallest absolute Gasteiger partial charge is 0.164 e. The van der Waals surface area contributed by atoms with Gasteiger partial charge in [0.25, 0.3) is 0 Å². The molecule has 11 rings (SSSR count). The highest BCUT2D eigenvalue weighted by Crippen LogP contribution is 2.56. The summed E-state index contributed by atoms with van der Waals surface area (Å²) in [6.45, 7) is 0. The zero-order valence-electron chi connectivity index (χ0n) is 33.4. The van der Waals surface area contributed by atoms with E-state index in [0.717, 1.165) is 44.5 Å². The van der Waals surface area contributed by atoms with Gasteiger partial charge in [-0.05, 0) is 91.0 Å². The fourth-order valence-corrected chi connectivity index (χ4v) is 9.18. The van der Waals surface area contributed by atoms with Crippen molar-refractivity contribution in [1.82, 2.24) is 15.0 Å². The van der Waals surface area contributed by atoms with Gasteiger partial charge in [-0.2, -0.15) is 0 Å². The van der Waals surface area contributed by atoms with Crippen LogP contribution in [-0.2, 0) is 5.41 Å². The molecule has 0 bridgehead atoms. The fourth-order valence-electron chi connectivity index (χ4n) is 9.18. The van der Waals surface area contributed by atoms with E-state index >= 15 is 0 Å². The van der Waals surface area contributed by atoms with Gasteiger partial charge >= 0.3 is 0 Å². The van der Waals surface area contributed by atoms with Gasteiger partial charge in [0.2, 0.25) is 0 Å². The van der Waals surface area contributed by atoms with Crippen LogP contribution in [0.4, 0.5) is 0 Å². The SMILES string of the molecule is c1ccc(-c2cccc(-c3nc(-c4ccccc4)nc(-c4cccc(-c5cccc(-c6cccc(C7(c8ccccc8)c8ccccc8-c8ccccc87)c6)c5)c4)n3)c2)cc1. The second kappa shape index (κ2) is 15.3. The molecule has 0 radical (unpaired) electrons. The maximum atomic E-state index is 5.12. The van der Waals surface area contributed by atoms with Crippen molar-refractivity contribution in [2.45, 2.75) is 5.41 Å². The predicted molar refractivity (Wildman–Crippen MR) is 250 cm³/mol. The number of hydrogen-bond acceptors (Lipinski definition) is 3. The topological polar surface area (TPSA) is 38.7 Å². The van der Waals surface area contributed by atoms with Gasteiger partial charge in [-0.15, -0.1) is 0 Å². The van der Waals surface area contributed by atoms with Crippen molar-refractivity contribution in [3.63, 3.8) is 0 Å². The van der Waals surface area contributed by atoms with E-state index in [4.69, 9.17) is 15.0 Å². The molecule has 0 unspecified atom stereocenters. The van der Waals surface area contributed by atoms with Crippen molar-refractivity contribution in [1.29, 1.82) is 0 Å². The second-order valence-corrected chi connectivity index (χ2v) is 15.6. The summed E-state index contributed by atoms with van der Waals surface area (Å²) < 4.78 is 0. The minimum atomic E-state index is -0.457. The van der Waals surface area contributed by atoms with Gasteiger partial charge in [0.05, 0.1) is 5.41 Å². The maximum absolute atomic E-state index is 5.12. The number of fused-ring (bicyclic) bond motifs is 3. The molecular weight excluding hydrogens is 739 g/mol. The van der Waals surface area contributed by atoms with Crippen LogP contribution in [0.15, 0.2) is 237 Å². The number of rotatable bonds is 8. The Hall–Kier alpha value is -8.01. The molecule has 0 spiro atoms. The summed E-state index contributed by atoms with van der Waals surface area (Å²) in [6, 6.07) is 84.3. The first-order valence-electron chi connectivity index (χ1n) is 20.8. The van der Waals surface area contributed by atoms with Crippen LogP contribution in [0.2, 0.25) is 0 Å². The third-order valence-electron chi connectivity index (χ3n) is 12.0. The van der Waals surface area contributed by atoms with E-state index < -0.39 is 5.41 Å². The highest BCUT2D eigenvalue weighted by Gasteiger charge is 2.45. The first-order valence-corrected chi connectivity index (χ1v) is 20.8. The molecule has 0 fully saturated rings. The zero-order valence-corrected chi connectivity index (χ0v) is 33.4. The standard InChI is InChI=1S/C58H39N3/c1-4-18-40(19-5-1)42-22-15-27-47(37-42)56-59-55(41-20-6-2-7-21-41)60-57(61-56)48-28-16-25-45(38-48)43-23-14-24-44(36-43)46-26-17-31-50(39-46)58(49-29-8-3-9-30-49)53-34-12-10-32-51(53)52-33-11-13-35-54(52)58/h1-39H. The number of hydrogen-bond donors (Lipinski definition) is 0. The van der Waals surface area contributed by atoms with Crippen LogP contribution < -0.4 is 0 Å². The summed E-state index contributed by atoms with van der Waals surface area (Å²) in [5.74, 6) is 1.90. The summed E-state index contributed by atoms with van der Waals surface area (Å²) in [7, 11) is 0. The summed E-state index contributed by atoms with van der Waals surface area (Å²) in [4.78, 5) is 15.2. The Balaban J connectivity index is 0.995. The fraction of sp³-hybridized carbons (Fsp3) is 0.0172. The predicted octanol–water partition coefficient (Wildman–Crippen LogP) is 14.2. The summed E-state index contributed by atoms with van der Waals surface area (Å²) in [5, 5.41) is 0. The van der Waals surface area contributed by atoms with Crippen LogP contribution in [0.1, 0.15) is 22.3 Å². The summed E-state index contributed by atoms with van der Waals surface area (Å²) in [5.41, 5.74) is 16.8. The molecule has 3 heteroatoms. The Bertz CT molecular complexity index is 3150. The van der Waals surface area contributed by atoms with Crippen LogP contribution in [0.3, 0.4) is 0 Å². The molecule has 286 valence electrons. The molecule has 1 aromatic heterocycles. The molecule has 9 aromatic carbocycles. The van der Waals surface area contributed by atoms with Gasteiger partial charge in [-0.25, -0.2) is 15.0 Å². The Labute approximate surface area is 356 Å². The van der Waals surface area contributed by atoms with Crippen LogP contribution in [0.25, 0.3) is 78.7 Å². The monoisotopic (exact) mass is 777 g/mol. The molecule has 0 amide bonds. The Morgan fingerprint density at radius 1 is 0.230 bits per heavy atom. The van der Waals surface area contributed by atoms with Crippen LogP contribution in [-0.4, -0.2) is 15.0 Å². The van der Waals surface area contributed by atoms with Gasteiger partial charge in [-0.3, -0.25) is 0 Å². The van der Waals surface area contributed by atoms with Gasteiger partial charge in [0.1, 0.15) is 0 Å². The molecule has 0 N–H and O–H groups in total. The lowest BCUT2D eigenvalue weighted by Gasteiger charge is -2.34. The summed E-state index contributed by atoms with van der Waals surface area (Å²) in [6.07, 6.45) is 0. The van der Waals surface area contributed by atoms with Gasteiger partial charge in [0.15, 0.2) is 17.5 Å². The number of benzene rings is 9. The first kappa shape index (κ1) is 36.1. The molecular formula is C58H39N3. The van der Waals surface area contributed by atoms with Gasteiger partial charge < -0.3 is 0 Å². The molecule has 1 heterocycles. The average Bonchev–Trinajstić information content (AvgIpc) is 3.66. The highest BCUT2D eigenvalue weighted by atomic mass is 15.0. The molecule has 0 saturated carbocycles. The number of nitrogens with zero attached hydrogens (tertiary/aromatic N) is 3. The van der Waals surface area contributed by atoms with E-state index in [1.807, 2.05) is 36.4 Å². The van der Waals surface area contributed by atoms with E-state index in [9.17, 15) is 0 Å². The van der Waals surface area contributed by atoms with Crippen molar-refractivity contribution in [2.24, 2.45) is 0 Å². The minimum Gasteiger partial charge on any atom is -0.208 e. The van der Waals surface area contributed by atoms with Crippen LogP contribution >= 0.6 is 0 Å². The Morgan fingerprint density at radius 2 is 0.557 bits per heavy atom. The van der Waals surface area contributed by atoms with Gasteiger partial charge in [-0.1, -0.05) is 212 Å². The Morgan fingerprint density at radius 3 is 1.08 bits per heavy atom. The first-order chi connectivity index (χ1) is 30.2. The van der Waals surface area contributed by atoms with Crippen molar-refractivity contribution in [3.05, 3.63) is 259 Å². The molecule has 10 aromatic rings. The third kappa shape index (κ3) is 6.44. The van der Waals surface area contributed by atoms with Crippen molar-refractivity contribution in [3.8, 4) is 78.7 Å². The third-order valence-corrected chi connectivity index (χ3v) is 12.0. The lowest BCUT2D eigenvalue weighted by atomic mass is 9.67. The van der Waals surface area contributed by atoms with Crippen molar-refractivity contribution >= 4 is 0 Å². The van der Waals surface area contributed by atoms with E-state index in [-0.39, 0.29) is 0 Å². The molecule has 1 aliphatic carbocycles. The zero-order chi connectivity index (χ0) is 40.6. The lowest BCUT2D eigenvalue weighted by molar-refractivity contribution is 0.769. The van der Waals surface area contributed by atoms with E-state index in [2.05, 4.69) is 200 Å². The molecule has 61 heavy (non-hydrogen) atoms. The van der Waals surface area contributed by atoms with Crippen LogP contribution in [0.5, 0.6) is 0 Å². The molecule has 0 atom stereocenters. The van der Waals surface area contributed by atoms with E-state index in [1.54, 1.807) is 0 Å². The van der Waals surface area contributed by atoms with E-state index in [0.29, 0.717) is 17.5 Å². The highest BCUT2D eigenvalue weighted by molar-refractivity contribution is 5.87. The van der Waals surface area contributed by atoms with Crippen molar-refractivity contribution < 1.29 is 0 Å². The van der Waals surface area contributed by atoms with Crippen molar-refractivity contribution in [2.75, 3.05) is 0 Å². The largest absolute Gasteiger partial charge is 0.208 e. The Kier molecular flexibility index (Phi) is 9.05. The molecule has 0 saturated heterocycles. The minimum absolute atomic E-state index is 0.457. The maximum Gasteiger partial charge on any atom is 0.164 e. The molecule has 3 nitrogen and oxygen atoms in total. The van der Waals surface area contributed by atoms with Crippen LogP contribution in [0, 0.1) is 0 Å². The second-order valence-electron chi connectivity index (χ2n) is 15.6. The quantitative estimate of drug-likeness (QED) is 0.154. The lowest BCUT2D eigenvalue weighted by Crippen LogP contribution is -2.28. The number of aromatic nitrogens is 3. The summed E-state index contributed by atoms with van der Waals surface area (Å²) >= 11 is 0. The van der Waals surface area contributed by atoms with Gasteiger partial charge in [0, 0.05) is 16.7 Å². The average molecular weight is 778 g/mol. The molecule has 1 aliphatic rings. The molecule has 0 aliphatic heterocycles.